The van der Waals surface area contributed by atoms with Gasteiger partial charge in [0.05, 0.1) is 30.1 Å². The van der Waals surface area contributed by atoms with Crippen molar-refractivity contribution in [1.82, 2.24) is 9.97 Å². The number of pyridine rings is 2. The average Bonchev–Trinajstić information content (AvgIpc) is 3.26. The molecule has 0 N–H and O–H groups in total. The molecule has 0 bridgehead atoms. The van der Waals surface area contributed by atoms with Gasteiger partial charge in [-0.25, -0.2) is 9.37 Å². The molecule has 6 nitrogen and oxygen atoms in total. The first kappa shape index (κ1) is 23.6. The molecule has 2 aromatic heterocycles. The summed E-state index contributed by atoms with van der Waals surface area (Å²) >= 11 is 0. The van der Waals surface area contributed by atoms with E-state index >= 15 is 0 Å². The molecule has 7 rings (SSSR count). The smallest absolute Gasteiger partial charge is 0.125 e. The number of rotatable bonds is 3. The lowest BCUT2D eigenvalue weighted by Crippen LogP contribution is -2.37. The highest BCUT2D eigenvalue weighted by Gasteiger charge is 2.45. The van der Waals surface area contributed by atoms with Crippen LogP contribution in [0.3, 0.4) is 0 Å². The van der Waals surface area contributed by atoms with Crippen LogP contribution < -0.4 is 9.80 Å². The van der Waals surface area contributed by atoms with Crippen LogP contribution in [0.15, 0.2) is 60.9 Å². The van der Waals surface area contributed by atoms with Crippen molar-refractivity contribution in [2.45, 2.75) is 25.2 Å². The predicted molar refractivity (Wildman–Crippen MR) is 148 cm³/mol. The van der Waals surface area contributed by atoms with Crippen molar-refractivity contribution in [1.29, 1.82) is 0 Å². The Kier molecular flexibility index (Phi) is 5.78. The Hall–Kier alpha value is -3.55. The van der Waals surface area contributed by atoms with E-state index in [-0.39, 0.29) is 11.2 Å². The van der Waals surface area contributed by atoms with Crippen molar-refractivity contribution in [3.63, 3.8) is 0 Å². The van der Waals surface area contributed by atoms with E-state index in [4.69, 9.17) is 14.5 Å². The standard InChI is InChI=1S/C31H31FN4O2/c1-21-29(22-3-2-10-33-19-22)34-27-17-23(32)4-6-25(27)30(21)36-20-31(8-13-37-14-9-31)26-7-5-24(18-28(26)36)35-11-15-38-16-12-35/h2-7,10,17-19H,8-9,11-16,20H2,1H3. The van der Waals surface area contributed by atoms with Crippen molar-refractivity contribution < 1.29 is 13.9 Å². The number of aromatic nitrogens is 2. The molecule has 7 heteroatoms. The number of nitrogens with zero attached hydrogens (tertiary/aromatic N) is 4. The van der Waals surface area contributed by atoms with E-state index in [0.717, 1.165) is 86.8 Å². The van der Waals surface area contributed by atoms with Crippen LogP contribution in [-0.2, 0) is 14.9 Å². The van der Waals surface area contributed by atoms with Gasteiger partial charge in [-0.1, -0.05) is 6.07 Å². The number of halogens is 1. The largest absolute Gasteiger partial charge is 0.381 e. The van der Waals surface area contributed by atoms with Gasteiger partial charge in [0.2, 0.25) is 0 Å². The van der Waals surface area contributed by atoms with Crippen LogP contribution >= 0.6 is 0 Å². The molecular formula is C31H31FN4O2. The van der Waals surface area contributed by atoms with Crippen molar-refractivity contribution in [2.75, 3.05) is 55.9 Å². The monoisotopic (exact) mass is 510 g/mol. The molecule has 0 unspecified atom stereocenters. The minimum atomic E-state index is -0.283. The van der Waals surface area contributed by atoms with Gasteiger partial charge >= 0.3 is 0 Å². The molecule has 3 aliphatic heterocycles. The molecule has 194 valence electrons. The Labute approximate surface area is 222 Å². The summed E-state index contributed by atoms with van der Waals surface area (Å²) < 4.78 is 25.9. The lowest BCUT2D eigenvalue weighted by Gasteiger charge is -2.35. The van der Waals surface area contributed by atoms with Crippen LogP contribution in [0.4, 0.5) is 21.5 Å². The van der Waals surface area contributed by atoms with Crippen molar-refractivity contribution in [3.05, 3.63) is 77.9 Å². The molecule has 38 heavy (non-hydrogen) atoms. The second-order valence-corrected chi connectivity index (χ2v) is 10.6. The first-order chi connectivity index (χ1) is 18.6. The van der Waals surface area contributed by atoms with Crippen LogP contribution in [-0.4, -0.2) is 56.0 Å². The highest BCUT2D eigenvalue weighted by atomic mass is 19.1. The van der Waals surface area contributed by atoms with Crippen LogP contribution in [0, 0.1) is 12.7 Å². The Morgan fingerprint density at radius 1 is 0.947 bits per heavy atom. The third-order valence-corrected chi connectivity index (χ3v) is 8.49. The molecule has 3 aliphatic rings. The molecule has 4 aromatic rings. The second kappa shape index (κ2) is 9.33. The third-order valence-electron chi connectivity index (χ3n) is 8.49. The molecule has 0 atom stereocenters. The fourth-order valence-corrected chi connectivity index (χ4v) is 6.52. The summed E-state index contributed by atoms with van der Waals surface area (Å²) in [5.41, 5.74) is 8.44. The van der Waals surface area contributed by atoms with Crippen molar-refractivity contribution >= 4 is 28.0 Å². The van der Waals surface area contributed by atoms with Crippen molar-refractivity contribution in [2.24, 2.45) is 0 Å². The van der Waals surface area contributed by atoms with Gasteiger partial charge in [0.1, 0.15) is 5.82 Å². The van der Waals surface area contributed by atoms with Crippen LogP contribution in [0.5, 0.6) is 0 Å². The molecule has 2 saturated heterocycles. The Morgan fingerprint density at radius 2 is 1.76 bits per heavy atom. The minimum Gasteiger partial charge on any atom is -0.381 e. The number of hydrogen-bond donors (Lipinski definition) is 0. The summed E-state index contributed by atoms with van der Waals surface area (Å²) in [6.07, 6.45) is 5.57. The molecule has 2 aromatic carbocycles. The molecule has 1 spiro atoms. The van der Waals surface area contributed by atoms with E-state index in [1.165, 1.54) is 16.9 Å². The van der Waals surface area contributed by atoms with E-state index in [1.54, 1.807) is 18.3 Å². The van der Waals surface area contributed by atoms with Crippen LogP contribution in [0.2, 0.25) is 0 Å². The molecule has 5 heterocycles. The number of morpholine rings is 1. The van der Waals surface area contributed by atoms with Gasteiger partial charge in [0, 0.05) is 79.0 Å². The normalized spacial score (nSPS) is 18.8. The lowest BCUT2D eigenvalue weighted by atomic mass is 9.76. The zero-order valence-corrected chi connectivity index (χ0v) is 21.6. The summed E-state index contributed by atoms with van der Waals surface area (Å²) in [5.74, 6) is -0.283. The Balaban J connectivity index is 1.45. The van der Waals surface area contributed by atoms with E-state index < -0.39 is 0 Å². The first-order valence-corrected chi connectivity index (χ1v) is 13.5. The van der Waals surface area contributed by atoms with Gasteiger partial charge in [-0.15, -0.1) is 0 Å². The Morgan fingerprint density at radius 3 is 2.55 bits per heavy atom. The fraction of sp³-hybridized carbons (Fsp3) is 0.355. The van der Waals surface area contributed by atoms with Gasteiger partial charge < -0.3 is 19.3 Å². The predicted octanol–water partition coefficient (Wildman–Crippen LogP) is 5.78. The van der Waals surface area contributed by atoms with Crippen LogP contribution in [0.1, 0.15) is 24.0 Å². The van der Waals surface area contributed by atoms with Gasteiger partial charge in [-0.3, -0.25) is 4.98 Å². The summed E-state index contributed by atoms with van der Waals surface area (Å²) in [6, 6.07) is 15.9. The number of hydrogen-bond acceptors (Lipinski definition) is 6. The molecule has 2 fully saturated rings. The highest BCUT2D eigenvalue weighted by Crippen LogP contribution is 2.52. The quantitative estimate of drug-likeness (QED) is 0.348. The molecule has 0 saturated carbocycles. The number of ether oxygens (including phenoxy) is 2. The maximum absolute atomic E-state index is 14.5. The molecule has 0 radical (unpaired) electrons. The van der Waals surface area contributed by atoms with Crippen LogP contribution in [0.25, 0.3) is 22.2 Å². The zero-order chi connectivity index (χ0) is 25.7. The van der Waals surface area contributed by atoms with E-state index in [0.29, 0.717) is 5.52 Å². The minimum absolute atomic E-state index is 0.0215. The summed E-state index contributed by atoms with van der Waals surface area (Å²) in [7, 11) is 0. The van der Waals surface area contributed by atoms with E-state index in [1.807, 2.05) is 24.4 Å². The number of anilines is 3. The summed E-state index contributed by atoms with van der Waals surface area (Å²) in [5, 5.41) is 0.961. The second-order valence-electron chi connectivity index (χ2n) is 10.6. The molecule has 0 aliphatic carbocycles. The topological polar surface area (TPSA) is 50.7 Å². The van der Waals surface area contributed by atoms with Gasteiger partial charge in [-0.2, -0.15) is 0 Å². The van der Waals surface area contributed by atoms with Gasteiger partial charge in [0.25, 0.3) is 0 Å². The maximum atomic E-state index is 14.5. The van der Waals surface area contributed by atoms with E-state index in [9.17, 15) is 4.39 Å². The molecule has 0 amide bonds. The van der Waals surface area contributed by atoms with Gasteiger partial charge in [-0.05, 0) is 67.3 Å². The zero-order valence-electron chi connectivity index (χ0n) is 21.6. The Bertz CT molecular complexity index is 1500. The highest BCUT2D eigenvalue weighted by molar-refractivity contribution is 6.00. The summed E-state index contributed by atoms with van der Waals surface area (Å²) in [6.45, 7) is 7.79. The summed E-state index contributed by atoms with van der Waals surface area (Å²) in [4.78, 5) is 14.2. The van der Waals surface area contributed by atoms with Crippen molar-refractivity contribution in [3.8, 4) is 11.3 Å². The average molecular weight is 511 g/mol. The lowest BCUT2D eigenvalue weighted by molar-refractivity contribution is 0.0558. The molecular weight excluding hydrogens is 479 g/mol. The number of benzene rings is 2. The van der Waals surface area contributed by atoms with E-state index in [2.05, 4.69) is 39.9 Å². The fourth-order valence-electron chi connectivity index (χ4n) is 6.52. The van der Waals surface area contributed by atoms with Gasteiger partial charge in [0.15, 0.2) is 0 Å². The SMILES string of the molecule is Cc1c(-c2cccnc2)nc2cc(F)ccc2c1N1CC2(CCOCC2)c2ccc(N3CCOCC3)cc21. The number of fused-ring (bicyclic) bond motifs is 3. The third kappa shape index (κ3) is 3.84. The first-order valence-electron chi connectivity index (χ1n) is 13.5. The maximum Gasteiger partial charge on any atom is 0.125 e.